The summed E-state index contributed by atoms with van der Waals surface area (Å²) >= 11 is 0. The Balaban J connectivity index is 1.95. The lowest BCUT2D eigenvalue weighted by Gasteiger charge is -2.43. The Labute approximate surface area is 244 Å². The van der Waals surface area contributed by atoms with E-state index in [1.165, 1.54) is 4.90 Å². The number of carbonyl (C=O) groups excluding carboxylic acids is 2. The zero-order valence-corrected chi connectivity index (χ0v) is 25.5. The molecule has 0 bridgehead atoms. The number of hydrogen-bond donors (Lipinski definition) is 2. The fourth-order valence-electron chi connectivity index (χ4n) is 4.76. The van der Waals surface area contributed by atoms with Crippen LogP contribution in [0.15, 0.2) is 60.7 Å². The van der Waals surface area contributed by atoms with Gasteiger partial charge in [0.15, 0.2) is 0 Å². The number of aliphatic hydroxyl groups is 1. The minimum atomic E-state index is -0.931. The fraction of sp³-hybridized carbons (Fsp3) is 0.562. The van der Waals surface area contributed by atoms with E-state index in [0.717, 1.165) is 5.56 Å². The Morgan fingerprint density at radius 2 is 1.44 bits per heavy atom. The third-order valence-corrected chi connectivity index (χ3v) is 6.86. The van der Waals surface area contributed by atoms with Crippen LogP contribution in [0.4, 0.5) is 9.59 Å². The van der Waals surface area contributed by atoms with Gasteiger partial charge in [0.25, 0.3) is 0 Å². The van der Waals surface area contributed by atoms with Crippen LogP contribution in [0.1, 0.15) is 71.8 Å². The maximum atomic E-state index is 13.0. The van der Waals surface area contributed by atoms with E-state index in [1.807, 2.05) is 88.4 Å². The zero-order chi connectivity index (χ0) is 30.4. The molecule has 1 aliphatic rings. The van der Waals surface area contributed by atoms with E-state index in [0.29, 0.717) is 5.56 Å². The third kappa shape index (κ3) is 9.45. The first kappa shape index (κ1) is 32.4. The number of hydrogen-bond acceptors (Lipinski definition) is 7. The Morgan fingerprint density at radius 3 is 1.98 bits per heavy atom. The van der Waals surface area contributed by atoms with Crippen LogP contribution in [0, 0.1) is 5.92 Å². The molecule has 6 atom stereocenters. The molecule has 9 nitrogen and oxygen atoms in total. The van der Waals surface area contributed by atoms with E-state index in [1.54, 1.807) is 27.8 Å². The van der Waals surface area contributed by atoms with Crippen LogP contribution in [-0.2, 0) is 18.9 Å². The highest BCUT2D eigenvalue weighted by molar-refractivity contribution is 5.68. The first-order valence-electron chi connectivity index (χ1n) is 14.1. The largest absolute Gasteiger partial charge is 0.444 e. The number of amides is 2. The predicted octanol–water partition coefficient (Wildman–Crippen LogP) is 5.64. The minimum absolute atomic E-state index is 0.171. The van der Waals surface area contributed by atoms with Crippen LogP contribution in [0.5, 0.6) is 0 Å². The standard InChI is InChI=1S/C32H46N2O7/c1-21(34(8)30(37)41-32(5,6)7)28(23-17-13-10-14-18-23)39-25-20-38-19-24(27(35)22-15-11-9-12-16-22)26(25)33-29(36)40-31(2,3)4/h9-18,21,24-28,35H,19-20H2,1-8H3,(H,33,36)/t21-,24+,25+,26-,27-,28-/m0/s1. The van der Waals surface area contributed by atoms with Gasteiger partial charge in [0, 0.05) is 13.0 Å². The zero-order valence-electron chi connectivity index (χ0n) is 25.5. The highest BCUT2D eigenvalue weighted by Crippen LogP contribution is 2.34. The van der Waals surface area contributed by atoms with Crippen LogP contribution in [0.2, 0.25) is 0 Å². The van der Waals surface area contributed by atoms with Gasteiger partial charge in [-0.2, -0.15) is 0 Å². The summed E-state index contributed by atoms with van der Waals surface area (Å²) in [5.74, 6) is -0.529. The molecule has 0 aromatic heterocycles. The van der Waals surface area contributed by atoms with Gasteiger partial charge in [-0.1, -0.05) is 60.7 Å². The van der Waals surface area contributed by atoms with Crippen molar-refractivity contribution in [2.24, 2.45) is 5.92 Å². The number of aliphatic hydroxyl groups excluding tert-OH is 1. The Bertz CT molecular complexity index is 1110. The first-order valence-corrected chi connectivity index (χ1v) is 14.1. The van der Waals surface area contributed by atoms with Crippen LogP contribution in [0.25, 0.3) is 0 Å². The lowest BCUT2D eigenvalue weighted by atomic mass is 9.85. The molecule has 0 spiro atoms. The highest BCUT2D eigenvalue weighted by Gasteiger charge is 2.43. The summed E-state index contributed by atoms with van der Waals surface area (Å²) in [5, 5.41) is 14.4. The van der Waals surface area contributed by atoms with Crippen molar-refractivity contribution in [1.29, 1.82) is 0 Å². The number of nitrogens with zero attached hydrogens (tertiary/aromatic N) is 1. The molecular weight excluding hydrogens is 524 g/mol. The smallest absolute Gasteiger partial charge is 0.410 e. The predicted molar refractivity (Wildman–Crippen MR) is 156 cm³/mol. The fourth-order valence-corrected chi connectivity index (χ4v) is 4.76. The van der Waals surface area contributed by atoms with Crippen molar-refractivity contribution in [2.45, 2.75) is 90.1 Å². The Hall–Kier alpha value is -3.14. The first-order chi connectivity index (χ1) is 19.2. The van der Waals surface area contributed by atoms with Crippen molar-refractivity contribution in [2.75, 3.05) is 20.3 Å². The van der Waals surface area contributed by atoms with Crippen molar-refractivity contribution in [3.05, 3.63) is 71.8 Å². The van der Waals surface area contributed by atoms with Gasteiger partial charge in [-0.05, 0) is 59.6 Å². The molecule has 0 unspecified atom stereocenters. The number of carbonyl (C=O) groups is 2. The van der Waals surface area contributed by atoms with Crippen LogP contribution in [-0.4, -0.2) is 71.8 Å². The minimum Gasteiger partial charge on any atom is -0.444 e. The van der Waals surface area contributed by atoms with Crippen molar-refractivity contribution in [3.63, 3.8) is 0 Å². The van der Waals surface area contributed by atoms with Crippen molar-refractivity contribution < 1.29 is 33.6 Å². The monoisotopic (exact) mass is 570 g/mol. The van der Waals surface area contributed by atoms with Crippen LogP contribution in [0.3, 0.4) is 0 Å². The second-order valence-corrected chi connectivity index (χ2v) is 12.6. The van der Waals surface area contributed by atoms with Crippen molar-refractivity contribution in [3.8, 4) is 0 Å². The van der Waals surface area contributed by atoms with Gasteiger partial charge < -0.3 is 34.3 Å². The number of rotatable bonds is 8. The second kappa shape index (κ2) is 13.7. The SMILES string of the molecule is C[C@@H]([C@H](O[C@@H]1COC[C@@H]([C@@H](O)c2ccccc2)[C@@H]1NC(=O)OC(C)(C)C)c1ccccc1)N(C)C(=O)OC(C)(C)C. The van der Waals surface area contributed by atoms with E-state index >= 15 is 0 Å². The molecule has 1 aliphatic heterocycles. The molecular formula is C32H46N2O7. The Kier molecular flexibility index (Phi) is 10.8. The quantitative estimate of drug-likeness (QED) is 0.423. The van der Waals surface area contributed by atoms with Gasteiger partial charge in [0.1, 0.15) is 23.4 Å². The molecule has 41 heavy (non-hydrogen) atoms. The molecule has 0 saturated carbocycles. The van der Waals surface area contributed by atoms with E-state index in [-0.39, 0.29) is 13.2 Å². The van der Waals surface area contributed by atoms with Crippen LogP contribution >= 0.6 is 0 Å². The van der Waals surface area contributed by atoms with Gasteiger partial charge in [0.05, 0.1) is 31.4 Å². The lowest BCUT2D eigenvalue weighted by Crippen LogP contribution is -2.58. The average Bonchev–Trinajstić information content (AvgIpc) is 2.90. The summed E-state index contributed by atoms with van der Waals surface area (Å²) in [7, 11) is 1.67. The van der Waals surface area contributed by atoms with E-state index < -0.39 is 59.7 Å². The van der Waals surface area contributed by atoms with Crippen molar-refractivity contribution >= 4 is 12.2 Å². The maximum Gasteiger partial charge on any atom is 0.410 e. The summed E-state index contributed by atoms with van der Waals surface area (Å²) < 4.78 is 23.9. The molecule has 3 rings (SSSR count). The van der Waals surface area contributed by atoms with Crippen molar-refractivity contribution in [1.82, 2.24) is 10.2 Å². The Morgan fingerprint density at radius 1 is 0.902 bits per heavy atom. The molecule has 1 fully saturated rings. The molecule has 0 aliphatic carbocycles. The number of ether oxygens (including phenoxy) is 4. The highest BCUT2D eigenvalue weighted by atomic mass is 16.6. The molecule has 1 saturated heterocycles. The summed E-state index contributed by atoms with van der Waals surface area (Å²) in [6, 6.07) is 17.7. The molecule has 226 valence electrons. The number of likely N-dealkylation sites (N-methyl/N-ethyl adjacent to an activating group) is 1. The lowest BCUT2D eigenvalue weighted by molar-refractivity contribution is -0.150. The molecule has 2 aromatic rings. The van der Waals surface area contributed by atoms with Gasteiger partial charge >= 0.3 is 12.2 Å². The molecule has 2 amide bonds. The number of nitrogens with one attached hydrogen (secondary N) is 1. The van der Waals surface area contributed by atoms with Gasteiger partial charge in [-0.25, -0.2) is 9.59 Å². The molecule has 9 heteroatoms. The average molecular weight is 571 g/mol. The summed E-state index contributed by atoms with van der Waals surface area (Å²) in [6.45, 7) is 13.1. The molecule has 2 aromatic carbocycles. The van der Waals surface area contributed by atoms with Gasteiger partial charge in [-0.15, -0.1) is 0 Å². The second-order valence-electron chi connectivity index (χ2n) is 12.6. The molecule has 0 radical (unpaired) electrons. The van der Waals surface area contributed by atoms with E-state index in [9.17, 15) is 14.7 Å². The maximum absolute atomic E-state index is 13.0. The summed E-state index contributed by atoms with van der Waals surface area (Å²) in [4.78, 5) is 27.5. The van der Waals surface area contributed by atoms with Crippen LogP contribution < -0.4 is 5.32 Å². The summed E-state index contributed by atoms with van der Waals surface area (Å²) in [5.41, 5.74) is 0.179. The van der Waals surface area contributed by atoms with E-state index in [4.69, 9.17) is 18.9 Å². The van der Waals surface area contributed by atoms with Gasteiger partial charge in [-0.3, -0.25) is 0 Å². The van der Waals surface area contributed by atoms with Gasteiger partial charge in [0.2, 0.25) is 0 Å². The normalized spacial score (nSPS) is 21.7. The molecule has 2 N–H and O–H groups in total. The molecule has 1 heterocycles. The number of alkyl carbamates (subject to hydrolysis) is 1. The summed E-state index contributed by atoms with van der Waals surface area (Å²) in [6.07, 6.45) is -3.29. The topological polar surface area (TPSA) is 107 Å². The number of benzene rings is 2. The third-order valence-electron chi connectivity index (χ3n) is 6.86. The van der Waals surface area contributed by atoms with E-state index in [2.05, 4.69) is 5.32 Å².